The first-order valence-electron chi connectivity index (χ1n) is 9.63. The molecule has 0 spiro atoms. The third kappa shape index (κ3) is 4.53. The fourth-order valence-electron chi connectivity index (χ4n) is 3.06. The van der Waals surface area contributed by atoms with Gasteiger partial charge in [0.05, 0.1) is 12.0 Å². The van der Waals surface area contributed by atoms with Gasteiger partial charge in [-0.15, -0.1) is 15.3 Å². The minimum Gasteiger partial charge on any atom is -0.496 e. The third-order valence-electron chi connectivity index (χ3n) is 4.66. The van der Waals surface area contributed by atoms with Crippen LogP contribution in [0.4, 0.5) is 4.39 Å². The number of sulfonamides is 1. The van der Waals surface area contributed by atoms with Crippen LogP contribution < -0.4 is 14.2 Å². The lowest BCUT2D eigenvalue weighted by Crippen LogP contribution is -2.28. The number of rotatable bonds is 8. The molecular formula is C21H20FN5O4S. The molecule has 4 rings (SSSR count). The summed E-state index contributed by atoms with van der Waals surface area (Å²) in [7, 11) is -2.17. The predicted octanol–water partition coefficient (Wildman–Crippen LogP) is 2.60. The SMILES string of the molecule is COc1ccc(S(=O)(=O)NCCOc2ccc3nnc(-c4ccc(F)cc4)n3n2)cc1C. The van der Waals surface area contributed by atoms with Crippen molar-refractivity contribution in [2.75, 3.05) is 20.3 Å². The van der Waals surface area contributed by atoms with Gasteiger partial charge in [-0.05, 0) is 61.0 Å². The Morgan fingerprint density at radius 1 is 1.06 bits per heavy atom. The van der Waals surface area contributed by atoms with Gasteiger partial charge in [-0.25, -0.2) is 17.5 Å². The number of hydrogen-bond acceptors (Lipinski definition) is 7. The Labute approximate surface area is 183 Å². The second kappa shape index (κ2) is 8.89. The maximum Gasteiger partial charge on any atom is 0.240 e. The molecule has 4 aromatic rings. The van der Waals surface area contributed by atoms with Gasteiger partial charge in [0.1, 0.15) is 18.2 Å². The van der Waals surface area contributed by atoms with Crippen molar-refractivity contribution in [2.45, 2.75) is 11.8 Å². The molecule has 2 aromatic carbocycles. The Balaban J connectivity index is 1.42. The summed E-state index contributed by atoms with van der Waals surface area (Å²) in [6, 6.07) is 13.7. The normalized spacial score (nSPS) is 11.6. The molecule has 11 heteroatoms. The summed E-state index contributed by atoms with van der Waals surface area (Å²) >= 11 is 0. The largest absolute Gasteiger partial charge is 0.496 e. The Kier molecular flexibility index (Phi) is 6.01. The fourth-order valence-corrected chi connectivity index (χ4v) is 4.16. The van der Waals surface area contributed by atoms with Crippen LogP contribution in [0.2, 0.25) is 0 Å². The number of fused-ring (bicyclic) bond motifs is 1. The number of benzene rings is 2. The predicted molar refractivity (Wildman–Crippen MR) is 115 cm³/mol. The Bertz CT molecular complexity index is 1360. The fraction of sp³-hybridized carbons (Fsp3) is 0.190. The van der Waals surface area contributed by atoms with E-state index in [1.807, 2.05) is 0 Å². The molecule has 0 aliphatic heterocycles. The van der Waals surface area contributed by atoms with Gasteiger partial charge >= 0.3 is 0 Å². The zero-order valence-corrected chi connectivity index (χ0v) is 18.1. The van der Waals surface area contributed by atoms with E-state index in [4.69, 9.17) is 9.47 Å². The Hall–Kier alpha value is -3.57. The maximum absolute atomic E-state index is 13.2. The molecule has 0 unspecified atom stereocenters. The molecule has 0 amide bonds. The molecule has 0 radical (unpaired) electrons. The number of methoxy groups -OCH3 is 1. The van der Waals surface area contributed by atoms with E-state index in [1.165, 1.54) is 29.8 Å². The molecule has 0 fully saturated rings. The summed E-state index contributed by atoms with van der Waals surface area (Å²) in [4.78, 5) is 0.142. The summed E-state index contributed by atoms with van der Waals surface area (Å²) in [5.41, 5.74) is 1.85. The van der Waals surface area contributed by atoms with E-state index in [9.17, 15) is 12.8 Å². The molecule has 32 heavy (non-hydrogen) atoms. The minimum atomic E-state index is -3.70. The van der Waals surface area contributed by atoms with Crippen molar-refractivity contribution in [2.24, 2.45) is 0 Å². The van der Waals surface area contributed by atoms with Crippen LogP contribution in [-0.4, -0.2) is 48.5 Å². The number of nitrogens with zero attached hydrogens (tertiary/aromatic N) is 4. The van der Waals surface area contributed by atoms with E-state index in [1.54, 1.807) is 43.3 Å². The smallest absolute Gasteiger partial charge is 0.240 e. The zero-order valence-electron chi connectivity index (χ0n) is 17.3. The summed E-state index contributed by atoms with van der Waals surface area (Å²) < 4.78 is 52.9. The van der Waals surface area contributed by atoms with Crippen molar-refractivity contribution in [3.8, 4) is 23.0 Å². The molecule has 0 aliphatic carbocycles. The van der Waals surface area contributed by atoms with Crippen LogP contribution in [0.1, 0.15) is 5.56 Å². The van der Waals surface area contributed by atoms with Gasteiger partial charge in [0.25, 0.3) is 0 Å². The van der Waals surface area contributed by atoms with E-state index in [0.717, 1.165) is 5.56 Å². The first-order valence-corrected chi connectivity index (χ1v) is 11.1. The van der Waals surface area contributed by atoms with E-state index in [-0.39, 0.29) is 29.7 Å². The van der Waals surface area contributed by atoms with Crippen LogP contribution >= 0.6 is 0 Å². The summed E-state index contributed by atoms with van der Waals surface area (Å²) in [6.07, 6.45) is 0. The summed E-state index contributed by atoms with van der Waals surface area (Å²) in [5, 5.41) is 12.5. The lowest BCUT2D eigenvalue weighted by molar-refractivity contribution is 0.306. The highest BCUT2D eigenvalue weighted by molar-refractivity contribution is 7.89. The standard InChI is InChI=1S/C21H20FN5O4S/c1-14-13-17(7-8-18(14)30-2)32(28,29)23-11-12-31-20-10-9-19-24-25-21(27(19)26-20)15-3-5-16(22)6-4-15/h3-10,13,23H,11-12H2,1-2H3. The molecular weight excluding hydrogens is 437 g/mol. The van der Waals surface area contributed by atoms with Crippen molar-refractivity contribution in [3.05, 3.63) is 66.0 Å². The number of nitrogens with one attached hydrogen (secondary N) is 1. The van der Waals surface area contributed by atoms with Crippen LogP contribution in [0.15, 0.2) is 59.5 Å². The Morgan fingerprint density at radius 3 is 2.56 bits per heavy atom. The highest BCUT2D eigenvalue weighted by atomic mass is 32.2. The summed E-state index contributed by atoms with van der Waals surface area (Å²) in [5.74, 6) is 0.954. The van der Waals surface area contributed by atoms with E-state index in [2.05, 4.69) is 20.0 Å². The monoisotopic (exact) mass is 457 g/mol. The summed E-state index contributed by atoms with van der Waals surface area (Å²) in [6.45, 7) is 1.87. The first kappa shape index (κ1) is 21.7. The number of aryl methyl sites for hydroxylation is 1. The molecule has 0 aliphatic rings. The van der Waals surface area contributed by atoms with Gasteiger partial charge < -0.3 is 9.47 Å². The molecule has 0 saturated heterocycles. The van der Waals surface area contributed by atoms with Crippen molar-refractivity contribution >= 4 is 15.7 Å². The Morgan fingerprint density at radius 2 is 1.84 bits per heavy atom. The van der Waals surface area contributed by atoms with Gasteiger partial charge in [-0.3, -0.25) is 0 Å². The van der Waals surface area contributed by atoms with E-state index < -0.39 is 10.0 Å². The van der Waals surface area contributed by atoms with Crippen LogP contribution in [0, 0.1) is 12.7 Å². The molecule has 2 aromatic heterocycles. The lowest BCUT2D eigenvalue weighted by Gasteiger charge is -2.10. The van der Waals surface area contributed by atoms with Crippen LogP contribution in [0.25, 0.3) is 17.0 Å². The van der Waals surface area contributed by atoms with Crippen LogP contribution in [0.5, 0.6) is 11.6 Å². The number of halogens is 1. The average Bonchev–Trinajstić information content (AvgIpc) is 3.20. The van der Waals surface area contributed by atoms with E-state index >= 15 is 0 Å². The molecule has 0 saturated carbocycles. The van der Waals surface area contributed by atoms with Crippen LogP contribution in [-0.2, 0) is 10.0 Å². The minimum absolute atomic E-state index is 0.0418. The molecule has 0 bridgehead atoms. The van der Waals surface area contributed by atoms with Crippen molar-refractivity contribution in [1.29, 1.82) is 0 Å². The van der Waals surface area contributed by atoms with E-state index in [0.29, 0.717) is 22.8 Å². The van der Waals surface area contributed by atoms with Crippen molar-refractivity contribution in [1.82, 2.24) is 24.5 Å². The second-order valence-electron chi connectivity index (χ2n) is 6.85. The highest BCUT2D eigenvalue weighted by Crippen LogP contribution is 2.21. The molecule has 166 valence electrons. The maximum atomic E-state index is 13.2. The molecule has 2 heterocycles. The molecule has 1 N–H and O–H groups in total. The molecule has 0 atom stereocenters. The molecule has 9 nitrogen and oxygen atoms in total. The van der Waals surface area contributed by atoms with Crippen LogP contribution in [0.3, 0.4) is 0 Å². The van der Waals surface area contributed by atoms with Gasteiger partial charge in [0.15, 0.2) is 11.5 Å². The first-order chi connectivity index (χ1) is 15.4. The zero-order chi connectivity index (χ0) is 22.7. The van der Waals surface area contributed by atoms with Crippen molar-refractivity contribution in [3.63, 3.8) is 0 Å². The number of ether oxygens (including phenoxy) is 2. The van der Waals surface area contributed by atoms with Gasteiger partial charge in [-0.2, -0.15) is 4.52 Å². The lowest BCUT2D eigenvalue weighted by atomic mass is 10.2. The number of hydrogen-bond donors (Lipinski definition) is 1. The van der Waals surface area contributed by atoms with Gasteiger partial charge in [0.2, 0.25) is 15.9 Å². The average molecular weight is 457 g/mol. The number of aromatic nitrogens is 4. The van der Waals surface area contributed by atoms with Gasteiger partial charge in [-0.1, -0.05) is 0 Å². The third-order valence-corrected chi connectivity index (χ3v) is 6.12. The van der Waals surface area contributed by atoms with Crippen molar-refractivity contribution < 1.29 is 22.3 Å². The van der Waals surface area contributed by atoms with Gasteiger partial charge in [0, 0.05) is 18.2 Å². The second-order valence-corrected chi connectivity index (χ2v) is 8.62. The highest BCUT2D eigenvalue weighted by Gasteiger charge is 2.15. The topological polar surface area (TPSA) is 108 Å². The quantitative estimate of drug-likeness (QED) is 0.405.